The summed E-state index contributed by atoms with van der Waals surface area (Å²) in [4.78, 5) is 14.7. The van der Waals surface area contributed by atoms with Gasteiger partial charge in [0.1, 0.15) is 5.82 Å². The maximum Gasteiger partial charge on any atom is 0.255 e. The van der Waals surface area contributed by atoms with Gasteiger partial charge in [0.05, 0.1) is 29.8 Å². The Labute approximate surface area is 151 Å². The molecule has 0 spiro atoms. The summed E-state index contributed by atoms with van der Waals surface area (Å²) in [7, 11) is 1.97. The number of hydrogen-bond donors (Lipinski definition) is 1. The van der Waals surface area contributed by atoms with Crippen LogP contribution in [0.3, 0.4) is 0 Å². The minimum Gasteiger partial charge on any atom is -0.379 e. The van der Waals surface area contributed by atoms with Crippen LogP contribution in [0, 0.1) is 5.82 Å². The summed E-state index contributed by atoms with van der Waals surface area (Å²) in [6, 6.07) is 8.21. The maximum absolute atomic E-state index is 13.9. The molecule has 1 aliphatic rings. The Morgan fingerprint density at radius 3 is 2.72 bits per heavy atom. The number of carbonyl (C=O) groups excluding carboxylic acids is 1. The van der Waals surface area contributed by atoms with Crippen molar-refractivity contribution in [2.45, 2.75) is 6.04 Å². The molecule has 25 heavy (non-hydrogen) atoms. The first-order valence-corrected chi connectivity index (χ1v) is 8.61. The highest BCUT2D eigenvalue weighted by Crippen LogP contribution is 2.23. The molecule has 2 aromatic rings. The van der Waals surface area contributed by atoms with Crippen molar-refractivity contribution < 1.29 is 13.9 Å². The second-order valence-corrected chi connectivity index (χ2v) is 6.42. The number of amides is 1. The van der Waals surface area contributed by atoms with Gasteiger partial charge in [-0.2, -0.15) is 0 Å². The van der Waals surface area contributed by atoms with Crippen molar-refractivity contribution >= 4 is 17.5 Å². The van der Waals surface area contributed by atoms with Crippen molar-refractivity contribution in [2.24, 2.45) is 7.05 Å². The molecule has 0 aliphatic carbocycles. The zero-order chi connectivity index (χ0) is 17.8. The van der Waals surface area contributed by atoms with Crippen LogP contribution in [0.15, 0.2) is 36.5 Å². The van der Waals surface area contributed by atoms with E-state index in [4.69, 9.17) is 16.3 Å². The number of carbonyl (C=O) groups is 1. The Morgan fingerprint density at radius 2 is 2.08 bits per heavy atom. The Balaban J connectivity index is 1.76. The van der Waals surface area contributed by atoms with E-state index in [0.717, 1.165) is 18.8 Å². The van der Waals surface area contributed by atoms with E-state index in [1.807, 2.05) is 29.9 Å². The number of hydrogen-bond acceptors (Lipinski definition) is 3. The number of benzene rings is 1. The zero-order valence-electron chi connectivity index (χ0n) is 14.0. The highest BCUT2D eigenvalue weighted by atomic mass is 35.5. The average Bonchev–Trinajstić information content (AvgIpc) is 3.02. The standard InChI is InChI=1S/C18H21ClFN3O2/c1-22-7-3-6-15(22)16(23-8-10-25-11-9-23)12-21-18(24)17-13(19)4-2-5-14(17)20/h2-7,16H,8-12H2,1H3,(H,21,24)/t16-/m0/s1. The normalized spacial score (nSPS) is 16.6. The topological polar surface area (TPSA) is 46.5 Å². The lowest BCUT2D eigenvalue weighted by molar-refractivity contribution is 0.0148. The summed E-state index contributed by atoms with van der Waals surface area (Å²) in [5.74, 6) is -1.12. The highest BCUT2D eigenvalue weighted by Gasteiger charge is 2.26. The molecule has 0 unspecified atom stereocenters. The van der Waals surface area contributed by atoms with Crippen molar-refractivity contribution in [3.63, 3.8) is 0 Å². The summed E-state index contributed by atoms with van der Waals surface area (Å²) in [6.45, 7) is 3.25. The molecule has 1 atom stereocenters. The highest BCUT2D eigenvalue weighted by molar-refractivity contribution is 6.33. The molecule has 2 heterocycles. The fourth-order valence-electron chi connectivity index (χ4n) is 3.12. The lowest BCUT2D eigenvalue weighted by atomic mass is 10.1. The van der Waals surface area contributed by atoms with Crippen molar-refractivity contribution in [3.05, 3.63) is 58.6 Å². The lowest BCUT2D eigenvalue weighted by Gasteiger charge is -2.35. The van der Waals surface area contributed by atoms with E-state index in [9.17, 15) is 9.18 Å². The molecule has 134 valence electrons. The smallest absolute Gasteiger partial charge is 0.255 e. The number of morpholine rings is 1. The monoisotopic (exact) mass is 365 g/mol. The third kappa shape index (κ3) is 4.03. The molecule has 1 fully saturated rings. The van der Waals surface area contributed by atoms with Crippen LogP contribution in [-0.4, -0.2) is 48.2 Å². The summed E-state index contributed by atoms with van der Waals surface area (Å²) in [6.07, 6.45) is 1.97. The molecule has 5 nitrogen and oxygen atoms in total. The molecular formula is C18H21ClFN3O2. The summed E-state index contributed by atoms with van der Waals surface area (Å²) >= 11 is 5.98. The van der Waals surface area contributed by atoms with Crippen LogP contribution in [-0.2, 0) is 11.8 Å². The number of halogens is 2. The summed E-state index contributed by atoms with van der Waals surface area (Å²) < 4.78 is 21.4. The van der Waals surface area contributed by atoms with Crippen LogP contribution in [0.4, 0.5) is 4.39 Å². The predicted molar refractivity (Wildman–Crippen MR) is 94.3 cm³/mol. The molecule has 0 saturated carbocycles. The molecule has 1 saturated heterocycles. The van der Waals surface area contributed by atoms with Gasteiger partial charge in [-0.25, -0.2) is 4.39 Å². The average molecular weight is 366 g/mol. The van der Waals surface area contributed by atoms with Crippen LogP contribution < -0.4 is 5.32 Å². The number of ether oxygens (including phenoxy) is 1. The second-order valence-electron chi connectivity index (χ2n) is 6.01. The van der Waals surface area contributed by atoms with E-state index in [1.165, 1.54) is 18.2 Å². The largest absolute Gasteiger partial charge is 0.379 e. The van der Waals surface area contributed by atoms with Crippen LogP contribution >= 0.6 is 11.6 Å². The molecule has 3 rings (SSSR count). The first-order chi connectivity index (χ1) is 12.1. The molecule has 0 radical (unpaired) electrons. The third-order valence-corrected chi connectivity index (χ3v) is 4.77. The predicted octanol–water partition coefficient (Wildman–Crippen LogP) is 2.62. The molecule has 0 bridgehead atoms. The summed E-state index contributed by atoms with van der Waals surface area (Å²) in [5, 5.41) is 2.94. The minimum absolute atomic E-state index is 0.0154. The van der Waals surface area contributed by atoms with Crippen molar-refractivity contribution in [1.82, 2.24) is 14.8 Å². The van der Waals surface area contributed by atoms with Crippen LogP contribution in [0.1, 0.15) is 22.1 Å². The van der Waals surface area contributed by atoms with E-state index in [2.05, 4.69) is 10.2 Å². The van der Waals surface area contributed by atoms with E-state index < -0.39 is 11.7 Å². The SMILES string of the molecule is Cn1cccc1[C@H](CNC(=O)c1c(F)cccc1Cl)N1CCOCC1. The first-order valence-electron chi connectivity index (χ1n) is 8.23. The van der Waals surface area contributed by atoms with Gasteiger partial charge < -0.3 is 14.6 Å². The Kier molecular flexibility index (Phi) is 5.73. The third-order valence-electron chi connectivity index (χ3n) is 4.46. The van der Waals surface area contributed by atoms with Gasteiger partial charge in [-0.05, 0) is 24.3 Å². The molecule has 1 aromatic heterocycles. The van der Waals surface area contributed by atoms with Crippen molar-refractivity contribution in [3.8, 4) is 0 Å². The van der Waals surface area contributed by atoms with Gasteiger partial charge in [-0.15, -0.1) is 0 Å². The molecule has 1 amide bonds. The molecular weight excluding hydrogens is 345 g/mol. The fourth-order valence-corrected chi connectivity index (χ4v) is 3.37. The first kappa shape index (κ1) is 17.9. The maximum atomic E-state index is 13.9. The second kappa shape index (κ2) is 7.99. The lowest BCUT2D eigenvalue weighted by Crippen LogP contribution is -2.44. The quantitative estimate of drug-likeness (QED) is 0.886. The number of nitrogens with one attached hydrogen (secondary N) is 1. The zero-order valence-corrected chi connectivity index (χ0v) is 14.8. The van der Waals surface area contributed by atoms with Crippen LogP contribution in [0.5, 0.6) is 0 Å². The number of rotatable bonds is 5. The van der Waals surface area contributed by atoms with Crippen molar-refractivity contribution in [2.75, 3.05) is 32.8 Å². The van der Waals surface area contributed by atoms with E-state index in [1.54, 1.807) is 0 Å². The van der Waals surface area contributed by atoms with Gasteiger partial charge in [-0.1, -0.05) is 17.7 Å². The minimum atomic E-state index is -0.619. The number of aryl methyl sites for hydroxylation is 1. The van der Waals surface area contributed by atoms with Gasteiger partial charge in [0, 0.05) is 38.6 Å². The fraction of sp³-hybridized carbons (Fsp3) is 0.389. The Hall–Kier alpha value is -1.89. The van der Waals surface area contributed by atoms with Crippen LogP contribution in [0.25, 0.3) is 0 Å². The van der Waals surface area contributed by atoms with Crippen molar-refractivity contribution in [1.29, 1.82) is 0 Å². The Morgan fingerprint density at radius 1 is 1.32 bits per heavy atom. The van der Waals surface area contributed by atoms with Gasteiger partial charge in [0.15, 0.2) is 0 Å². The molecule has 1 aromatic carbocycles. The van der Waals surface area contributed by atoms with Gasteiger partial charge in [0.25, 0.3) is 5.91 Å². The van der Waals surface area contributed by atoms with Crippen LogP contribution in [0.2, 0.25) is 5.02 Å². The number of nitrogens with zero attached hydrogens (tertiary/aromatic N) is 2. The number of aromatic nitrogens is 1. The molecule has 7 heteroatoms. The Bertz CT molecular complexity index is 723. The van der Waals surface area contributed by atoms with Gasteiger partial charge in [0.2, 0.25) is 0 Å². The van der Waals surface area contributed by atoms with E-state index in [-0.39, 0.29) is 16.6 Å². The molecule has 1 N–H and O–H groups in total. The van der Waals surface area contributed by atoms with E-state index in [0.29, 0.717) is 19.8 Å². The van der Waals surface area contributed by atoms with Gasteiger partial charge >= 0.3 is 0 Å². The van der Waals surface area contributed by atoms with Gasteiger partial charge in [-0.3, -0.25) is 9.69 Å². The molecule has 1 aliphatic heterocycles. The summed E-state index contributed by atoms with van der Waals surface area (Å²) in [5.41, 5.74) is 0.971. The van der Waals surface area contributed by atoms with E-state index >= 15 is 0 Å².